The van der Waals surface area contributed by atoms with E-state index in [0.717, 1.165) is 114 Å². The number of carbonyl (C=O) groups is 4. The lowest BCUT2D eigenvalue weighted by molar-refractivity contribution is -0.161. The molecule has 0 spiro atoms. The SMILES string of the molecule is CCC(C)CCCCCCCCCCC(=O)O[C@H](COC(=O)CCCCCCCCCCC(C)C)COP(=O)(O)OCC(O)COP(=O)(O)OC[C@@H](COC(=O)CCCCCCCCCCCCCCCCC(C)C)OC(=O)CCCCCCCCCCCCCCC(C)C. The number of rotatable bonds is 73. The second kappa shape index (κ2) is 65.4. The standard InChI is InChI=1S/C76H148O17P2/c1-9-69(8)55-47-39-31-25-27-35-43-51-59-76(81)93-72(63-87-74(79)57-49-41-33-26-24-30-38-46-54-68(6)7)65-91-95(84,85)89-61-70(77)60-88-94(82,83)90-64-71(92-75(80)58-50-42-34-23-19-15-14-17-21-29-37-45-53-67(4)5)62-86-73(78)56-48-40-32-22-18-13-11-10-12-16-20-28-36-44-52-66(2)3/h66-72,77H,9-65H2,1-8H3,(H,82,83)(H,84,85)/t69?,70?,71-,72-/m1/s1. The minimum atomic E-state index is -4.96. The molecule has 0 aliphatic carbocycles. The quantitative estimate of drug-likeness (QED) is 0.0222. The Morgan fingerprint density at radius 2 is 0.505 bits per heavy atom. The maximum atomic E-state index is 13.1. The van der Waals surface area contributed by atoms with Crippen LogP contribution in [-0.2, 0) is 65.4 Å². The Morgan fingerprint density at radius 3 is 0.747 bits per heavy atom. The van der Waals surface area contributed by atoms with Gasteiger partial charge in [0.15, 0.2) is 12.2 Å². The fourth-order valence-corrected chi connectivity index (χ4v) is 13.1. The van der Waals surface area contributed by atoms with Crippen LogP contribution in [0.25, 0.3) is 0 Å². The highest BCUT2D eigenvalue weighted by Crippen LogP contribution is 2.45. The van der Waals surface area contributed by atoms with Gasteiger partial charge in [0.05, 0.1) is 26.4 Å². The van der Waals surface area contributed by atoms with Crippen molar-refractivity contribution in [1.82, 2.24) is 0 Å². The topological polar surface area (TPSA) is 237 Å². The van der Waals surface area contributed by atoms with E-state index >= 15 is 0 Å². The molecule has 0 heterocycles. The van der Waals surface area contributed by atoms with Crippen molar-refractivity contribution in [3.05, 3.63) is 0 Å². The third-order valence-corrected chi connectivity index (χ3v) is 19.8. The smallest absolute Gasteiger partial charge is 0.462 e. The zero-order valence-corrected chi connectivity index (χ0v) is 64.1. The molecule has 6 atom stereocenters. The number of phosphoric ester groups is 2. The first-order chi connectivity index (χ1) is 45.6. The molecule has 0 saturated carbocycles. The summed E-state index contributed by atoms with van der Waals surface area (Å²) in [5, 5.41) is 10.6. The van der Waals surface area contributed by atoms with E-state index in [2.05, 4.69) is 55.4 Å². The van der Waals surface area contributed by atoms with Gasteiger partial charge in [-0.1, -0.05) is 331 Å². The Balaban J connectivity index is 5.26. The summed E-state index contributed by atoms with van der Waals surface area (Å²) >= 11 is 0. The molecule has 17 nitrogen and oxygen atoms in total. The van der Waals surface area contributed by atoms with Crippen LogP contribution in [0.15, 0.2) is 0 Å². The number of hydrogen-bond donors (Lipinski definition) is 3. The Kier molecular flexibility index (Phi) is 64.0. The first-order valence-corrected chi connectivity index (χ1v) is 42.2. The van der Waals surface area contributed by atoms with E-state index in [1.807, 2.05) is 0 Å². The van der Waals surface area contributed by atoms with Crippen molar-refractivity contribution in [1.29, 1.82) is 0 Å². The first kappa shape index (κ1) is 93.1. The predicted octanol–water partition coefficient (Wildman–Crippen LogP) is 22.0. The third kappa shape index (κ3) is 69.0. The zero-order chi connectivity index (χ0) is 70.3. The minimum absolute atomic E-state index is 0.104. The molecule has 3 N–H and O–H groups in total. The Bertz CT molecular complexity index is 1870. The van der Waals surface area contributed by atoms with Crippen LogP contribution in [0, 0.1) is 23.7 Å². The molecular weight excluding hydrogens is 1250 g/mol. The molecule has 0 radical (unpaired) electrons. The van der Waals surface area contributed by atoms with Crippen molar-refractivity contribution in [3.8, 4) is 0 Å². The minimum Gasteiger partial charge on any atom is -0.462 e. The third-order valence-electron chi connectivity index (χ3n) is 17.9. The van der Waals surface area contributed by atoms with Gasteiger partial charge < -0.3 is 33.8 Å². The van der Waals surface area contributed by atoms with Crippen molar-refractivity contribution in [2.24, 2.45) is 23.7 Å². The van der Waals surface area contributed by atoms with Crippen molar-refractivity contribution in [2.45, 2.75) is 401 Å². The highest BCUT2D eigenvalue weighted by atomic mass is 31.2. The Hall–Kier alpha value is -1.94. The van der Waals surface area contributed by atoms with Crippen molar-refractivity contribution < 1.29 is 80.2 Å². The van der Waals surface area contributed by atoms with Crippen LogP contribution < -0.4 is 0 Å². The summed E-state index contributed by atoms with van der Waals surface area (Å²) in [7, 11) is -9.91. The molecule has 0 aliphatic rings. The van der Waals surface area contributed by atoms with Gasteiger partial charge in [0.25, 0.3) is 0 Å². The zero-order valence-electron chi connectivity index (χ0n) is 62.3. The lowest BCUT2D eigenvalue weighted by Crippen LogP contribution is -2.30. The van der Waals surface area contributed by atoms with Gasteiger partial charge in [0, 0.05) is 25.7 Å². The summed E-state index contributed by atoms with van der Waals surface area (Å²) in [5.74, 6) is 0.950. The number of carbonyl (C=O) groups excluding carboxylic acids is 4. The highest BCUT2D eigenvalue weighted by molar-refractivity contribution is 7.47. The summed E-state index contributed by atoms with van der Waals surface area (Å²) in [6.07, 6.45) is 49.9. The summed E-state index contributed by atoms with van der Waals surface area (Å²) in [6, 6.07) is 0. The number of unbranched alkanes of at least 4 members (excludes halogenated alkanes) is 38. The van der Waals surface area contributed by atoms with E-state index < -0.39 is 97.5 Å². The molecular formula is C76H148O17P2. The lowest BCUT2D eigenvalue weighted by atomic mass is 9.99. The monoisotopic (exact) mass is 1400 g/mol. The van der Waals surface area contributed by atoms with Crippen molar-refractivity contribution >= 4 is 39.5 Å². The molecule has 0 aromatic heterocycles. The molecule has 0 aromatic rings. The molecule has 0 amide bonds. The van der Waals surface area contributed by atoms with E-state index in [4.69, 9.17) is 37.0 Å². The molecule has 564 valence electrons. The number of phosphoric acid groups is 2. The number of esters is 4. The molecule has 0 rings (SSSR count). The second-order valence-electron chi connectivity index (χ2n) is 29.1. The highest BCUT2D eigenvalue weighted by Gasteiger charge is 2.30. The summed E-state index contributed by atoms with van der Waals surface area (Å²) in [5.41, 5.74) is 0. The van der Waals surface area contributed by atoms with E-state index in [1.54, 1.807) is 0 Å². The number of hydrogen-bond acceptors (Lipinski definition) is 15. The van der Waals surface area contributed by atoms with Crippen LogP contribution in [0.2, 0.25) is 0 Å². The molecule has 0 fully saturated rings. The molecule has 19 heteroatoms. The van der Waals surface area contributed by atoms with E-state index in [9.17, 15) is 43.2 Å². The largest absolute Gasteiger partial charge is 0.472 e. The van der Waals surface area contributed by atoms with Crippen LogP contribution in [-0.4, -0.2) is 96.7 Å². The van der Waals surface area contributed by atoms with E-state index in [1.165, 1.54) is 186 Å². The van der Waals surface area contributed by atoms with Crippen LogP contribution in [0.5, 0.6) is 0 Å². The first-order valence-electron chi connectivity index (χ1n) is 39.2. The molecule has 0 saturated heterocycles. The predicted molar refractivity (Wildman–Crippen MR) is 386 cm³/mol. The number of ether oxygens (including phenoxy) is 4. The normalized spacial score (nSPS) is 14.4. The van der Waals surface area contributed by atoms with Gasteiger partial charge in [-0.05, 0) is 49.4 Å². The molecule has 0 aromatic carbocycles. The van der Waals surface area contributed by atoms with Gasteiger partial charge in [-0.15, -0.1) is 0 Å². The maximum absolute atomic E-state index is 13.1. The fraction of sp³-hybridized carbons (Fsp3) is 0.947. The van der Waals surface area contributed by atoms with E-state index in [0.29, 0.717) is 25.7 Å². The van der Waals surface area contributed by atoms with Crippen molar-refractivity contribution in [2.75, 3.05) is 39.6 Å². The fourth-order valence-electron chi connectivity index (χ4n) is 11.5. The average molecular weight is 1400 g/mol. The number of aliphatic hydroxyl groups excluding tert-OH is 1. The molecule has 4 unspecified atom stereocenters. The Labute approximate surface area is 581 Å². The molecule has 0 bridgehead atoms. The van der Waals surface area contributed by atoms with Crippen LogP contribution in [0.3, 0.4) is 0 Å². The molecule has 0 aliphatic heterocycles. The lowest BCUT2D eigenvalue weighted by Gasteiger charge is -2.21. The van der Waals surface area contributed by atoms with Crippen LogP contribution in [0.4, 0.5) is 0 Å². The van der Waals surface area contributed by atoms with Crippen molar-refractivity contribution in [3.63, 3.8) is 0 Å². The summed E-state index contributed by atoms with van der Waals surface area (Å²) in [6.45, 7) is 14.2. The number of aliphatic hydroxyl groups is 1. The van der Waals surface area contributed by atoms with Crippen LogP contribution >= 0.6 is 15.6 Å². The van der Waals surface area contributed by atoms with Gasteiger partial charge in [0.2, 0.25) is 0 Å². The maximum Gasteiger partial charge on any atom is 0.472 e. The van der Waals surface area contributed by atoms with Gasteiger partial charge in [0.1, 0.15) is 19.3 Å². The van der Waals surface area contributed by atoms with Gasteiger partial charge in [-0.25, -0.2) is 9.13 Å². The summed E-state index contributed by atoms with van der Waals surface area (Å²) in [4.78, 5) is 72.8. The van der Waals surface area contributed by atoms with Gasteiger partial charge in [-0.2, -0.15) is 0 Å². The van der Waals surface area contributed by atoms with Crippen LogP contribution in [0.1, 0.15) is 383 Å². The van der Waals surface area contributed by atoms with Gasteiger partial charge in [-0.3, -0.25) is 37.3 Å². The Morgan fingerprint density at radius 1 is 0.295 bits per heavy atom. The summed E-state index contributed by atoms with van der Waals surface area (Å²) < 4.78 is 68.5. The second-order valence-corrected chi connectivity index (χ2v) is 32.0. The molecule has 95 heavy (non-hydrogen) atoms. The average Bonchev–Trinajstić information content (AvgIpc) is 3.43. The van der Waals surface area contributed by atoms with E-state index in [-0.39, 0.29) is 25.7 Å². The van der Waals surface area contributed by atoms with Gasteiger partial charge >= 0.3 is 39.5 Å².